The molecule has 20 heavy (non-hydrogen) atoms. The zero-order valence-electron chi connectivity index (χ0n) is 13.1. The lowest BCUT2D eigenvalue weighted by atomic mass is 10.0. The molecule has 1 heterocycles. The summed E-state index contributed by atoms with van der Waals surface area (Å²) in [6.07, 6.45) is 2.04. The van der Waals surface area contributed by atoms with E-state index in [-0.39, 0.29) is 5.54 Å². The highest BCUT2D eigenvalue weighted by Gasteiger charge is 2.11. The molecule has 108 valence electrons. The Morgan fingerprint density at radius 2 is 1.85 bits per heavy atom. The van der Waals surface area contributed by atoms with Crippen LogP contribution in [0.4, 0.5) is 0 Å². The Morgan fingerprint density at radius 3 is 2.50 bits per heavy atom. The normalized spacial score (nSPS) is 12.1. The Labute approximate surface area is 122 Å². The number of hydrogen-bond acceptors (Lipinski definition) is 2. The van der Waals surface area contributed by atoms with Crippen molar-refractivity contribution >= 4 is 0 Å². The average Bonchev–Trinajstić information content (AvgIpc) is 2.84. The van der Waals surface area contributed by atoms with E-state index in [2.05, 4.69) is 75.4 Å². The van der Waals surface area contributed by atoms with Crippen LogP contribution in [-0.2, 0) is 6.54 Å². The number of aromatic nitrogens is 2. The number of nitrogens with one attached hydrogen (secondary N) is 1. The minimum absolute atomic E-state index is 0.111. The van der Waals surface area contributed by atoms with Gasteiger partial charge < -0.3 is 5.32 Å². The molecule has 0 bridgehead atoms. The Balaban J connectivity index is 2.21. The molecule has 1 aromatic heterocycles. The van der Waals surface area contributed by atoms with Gasteiger partial charge in [-0.3, -0.25) is 0 Å². The summed E-state index contributed by atoms with van der Waals surface area (Å²) in [5.74, 6) is 0.492. The van der Waals surface area contributed by atoms with Crippen LogP contribution in [0.3, 0.4) is 0 Å². The van der Waals surface area contributed by atoms with Crippen molar-refractivity contribution in [1.82, 2.24) is 15.1 Å². The van der Waals surface area contributed by atoms with E-state index < -0.39 is 0 Å². The predicted molar refractivity (Wildman–Crippen MR) is 84.2 cm³/mol. The van der Waals surface area contributed by atoms with Crippen LogP contribution >= 0.6 is 0 Å². The van der Waals surface area contributed by atoms with Crippen LogP contribution in [0.2, 0.25) is 0 Å². The molecule has 2 rings (SSSR count). The molecule has 2 aromatic rings. The number of nitrogens with zero attached hydrogens (tertiary/aromatic N) is 2. The molecular formula is C17H25N3. The summed E-state index contributed by atoms with van der Waals surface area (Å²) in [5, 5.41) is 8.15. The molecule has 1 aromatic carbocycles. The SMILES string of the molecule is CC(C)c1ccccc1-n1ccc(CNC(C)(C)C)n1. The fourth-order valence-electron chi connectivity index (χ4n) is 2.13. The number of hydrogen-bond donors (Lipinski definition) is 1. The van der Waals surface area contributed by atoms with Gasteiger partial charge in [-0.05, 0) is 44.4 Å². The van der Waals surface area contributed by atoms with Crippen molar-refractivity contribution in [2.75, 3.05) is 0 Å². The van der Waals surface area contributed by atoms with Crippen LogP contribution in [-0.4, -0.2) is 15.3 Å². The van der Waals surface area contributed by atoms with Crippen LogP contribution in [0.15, 0.2) is 36.5 Å². The molecule has 0 amide bonds. The molecule has 0 aliphatic heterocycles. The van der Waals surface area contributed by atoms with E-state index in [4.69, 9.17) is 0 Å². The first-order chi connectivity index (χ1) is 9.37. The van der Waals surface area contributed by atoms with Crippen molar-refractivity contribution in [3.05, 3.63) is 47.8 Å². The first kappa shape index (κ1) is 14.8. The Hall–Kier alpha value is -1.61. The van der Waals surface area contributed by atoms with E-state index in [1.807, 2.05) is 10.9 Å². The lowest BCUT2D eigenvalue weighted by Gasteiger charge is -2.19. The maximum atomic E-state index is 4.68. The maximum absolute atomic E-state index is 4.68. The van der Waals surface area contributed by atoms with Crippen molar-refractivity contribution in [3.8, 4) is 5.69 Å². The van der Waals surface area contributed by atoms with E-state index in [0.29, 0.717) is 5.92 Å². The van der Waals surface area contributed by atoms with Gasteiger partial charge in [0.2, 0.25) is 0 Å². The fourth-order valence-corrected chi connectivity index (χ4v) is 2.13. The summed E-state index contributed by atoms with van der Waals surface area (Å²) < 4.78 is 1.98. The summed E-state index contributed by atoms with van der Waals surface area (Å²) in [6.45, 7) is 11.7. The number of benzene rings is 1. The molecule has 0 saturated heterocycles. The van der Waals surface area contributed by atoms with Crippen molar-refractivity contribution in [2.45, 2.75) is 52.6 Å². The molecule has 3 nitrogen and oxygen atoms in total. The highest BCUT2D eigenvalue weighted by atomic mass is 15.3. The van der Waals surface area contributed by atoms with Gasteiger partial charge in [0, 0.05) is 18.3 Å². The largest absolute Gasteiger partial charge is 0.306 e. The summed E-state index contributed by atoms with van der Waals surface area (Å²) >= 11 is 0. The van der Waals surface area contributed by atoms with Crippen LogP contribution < -0.4 is 5.32 Å². The zero-order valence-corrected chi connectivity index (χ0v) is 13.1. The van der Waals surface area contributed by atoms with E-state index >= 15 is 0 Å². The van der Waals surface area contributed by atoms with E-state index in [9.17, 15) is 0 Å². The van der Waals surface area contributed by atoms with Gasteiger partial charge in [0.1, 0.15) is 0 Å². The first-order valence-electron chi connectivity index (χ1n) is 7.26. The second-order valence-electron chi connectivity index (χ2n) is 6.57. The van der Waals surface area contributed by atoms with Crippen LogP contribution in [0.1, 0.15) is 51.8 Å². The quantitative estimate of drug-likeness (QED) is 0.914. The minimum atomic E-state index is 0.111. The number of para-hydroxylation sites is 1. The average molecular weight is 271 g/mol. The molecule has 0 fully saturated rings. The van der Waals surface area contributed by atoms with E-state index in [1.54, 1.807) is 0 Å². The third-order valence-electron chi connectivity index (χ3n) is 3.25. The van der Waals surface area contributed by atoms with Gasteiger partial charge in [0.25, 0.3) is 0 Å². The summed E-state index contributed by atoms with van der Waals surface area (Å²) in [6, 6.07) is 10.5. The van der Waals surface area contributed by atoms with Crippen LogP contribution in [0.5, 0.6) is 0 Å². The fraction of sp³-hybridized carbons (Fsp3) is 0.471. The van der Waals surface area contributed by atoms with E-state index in [0.717, 1.165) is 12.2 Å². The Bertz CT molecular complexity index is 562. The summed E-state index contributed by atoms with van der Waals surface area (Å²) in [4.78, 5) is 0. The third-order valence-corrected chi connectivity index (χ3v) is 3.25. The molecule has 0 atom stereocenters. The maximum Gasteiger partial charge on any atom is 0.0767 e. The lowest BCUT2D eigenvalue weighted by molar-refractivity contribution is 0.420. The van der Waals surface area contributed by atoms with Gasteiger partial charge in [-0.1, -0.05) is 32.0 Å². The summed E-state index contributed by atoms with van der Waals surface area (Å²) in [7, 11) is 0. The molecule has 0 aliphatic rings. The van der Waals surface area contributed by atoms with Gasteiger partial charge >= 0.3 is 0 Å². The molecule has 1 N–H and O–H groups in total. The van der Waals surface area contributed by atoms with Crippen LogP contribution in [0.25, 0.3) is 5.69 Å². The number of rotatable bonds is 4. The molecular weight excluding hydrogens is 246 g/mol. The zero-order chi connectivity index (χ0) is 14.8. The monoisotopic (exact) mass is 271 g/mol. The van der Waals surface area contributed by atoms with Crippen molar-refractivity contribution < 1.29 is 0 Å². The smallest absolute Gasteiger partial charge is 0.0767 e. The molecule has 0 spiro atoms. The first-order valence-corrected chi connectivity index (χ1v) is 7.26. The second kappa shape index (κ2) is 5.80. The Kier molecular flexibility index (Phi) is 4.29. The molecule has 0 radical (unpaired) electrons. The highest BCUT2D eigenvalue weighted by Crippen LogP contribution is 2.22. The predicted octanol–water partition coefficient (Wildman–Crippen LogP) is 3.88. The molecule has 0 aliphatic carbocycles. The Morgan fingerprint density at radius 1 is 1.15 bits per heavy atom. The van der Waals surface area contributed by atoms with Gasteiger partial charge in [-0.25, -0.2) is 4.68 Å². The van der Waals surface area contributed by atoms with Crippen molar-refractivity contribution in [2.24, 2.45) is 0 Å². The van der Waals surface area contributed by atoms with Gasteiger partial charge in [0.05, 0.1) is 11.4 Å². The molecule has 0 unspecified atom stereocenters. The standard InChI is InChI=1S/C17H25N3/c1-13(2)15-8-6-7-9-16(15)20-11-10-14(19-20)12-18-17(3,4)5/h6-11,13,18H,12H2,1-5H3. The van der Waals surface area contributed by atoms with Crippen molar-refractivity contribution in [3.63, 3.8) is 0 Å². The topological polar surface area (TPSA) is 29.9 Å². The second-order valence-corrected chi connectivity index (χ2v) is 6.57. The van der Waals surface area contributed by atoms with Gasteiger partial charge in [-0.15, -0.1) is 0 Å². The van der Waals surface area contributed by atoms with Crippen molar-refractivity contribution in [1.29, 1.82) is 0 Å². The molecule has 3 heteroatoms. The van der Waals surface area contributed by atoms with Gasteiger partial charge in [-0.2, -0.15) is 5.10 Å². The minimum Gasteiger partial charge on any atom is -0.306 e. The summed E-state index contributed by atoms with van der Waals surface area (Å²) in [5.41, 5.74) is 3.67. The van der Waals surface area contributed by atoms with Gasteiger partial charge in [0.15, 0.2) is 0 Å². The van der Waals surface area contributed by atoms with Crippen LogP contribution in [0, 0.1) is 0 Å². The lowest BCUT2D eigenvalue weighted by Crippen LogP contribution is -2.35. The molecule has 0 saturated carbocycles. The highest BCUT2D eigenvalue weighted by molar-refractivity contribution is 5.42. The van der Waals surface area contributed by atoms with E-state index in [1.165, 1.54) is 11.3 Å². The third kappa shape index (κ3) is 3.70.